The molecule has 1 aromatic carbocycles. The molecule has 0 fully saturated rings. The van der Waals surface area contributed by atoms with Crippen molar-refractivity contribution in [1.82, 2.24) is 5.32 Å². The number of ketones is 1. The molecule has 3 aliphatic heterocycles. The van der Waals surface area contributed by atoms with E-state index in [4.69, 9.17) is 18.9 Å². The lowest BCUT2D eigenvalue weighted by molar-refractivity contribution is -0.115. The van der Waals surface area contributed by atoms with Crippen LogP contribution >= 0.6 is 0 Å². The molecule has 0 aliphatic carbocycles. The Kier molecular flexibility index (Phi) is 4.02. The van der Waals surface area contributed by atoms with E-state index < -0.39 is 0 Å². The molecule has 4 rings (SSSR count). The van der Waals surface area contributed by atoms with Gasteiger partial charge in [-0.3, -0.25) is 4.79 Å². The van der Waals surface area contributed by atoms with E-state index in [0.717, 1.165) is 47.7 Å². The van der Waals surface area contributed by atoms with Crippen LogP contribution in [0, 0.1) is 0 Å². The molecule has 0 unspecified atom stereocenters. The van der Waals surface area contributed by atoms with Crippen LogP contribution in [0.3, 0.4) is 0 Å². The second-order valence-electron chi connectivity index (χ2n) is 5.81. The Hall–Kier alpha value is -2.63. The molecule has 0 amide bonds. The Morgan fingerprint density at radius 2 is 1.88 bits per heavy atom. The predicted octanol–water partition coefficient (Wildman–Crippen LogP) is 1.79. The van der Waals surface area contributed by atoms with Crippen molar-refractivity contribution in [1.29, 1.82) is 0 Å². The van der Waals surface area contributed by atoms with Crippen LogP contribution in [0.4, 0.5) is 0 Å². The summed E-state index contributed by atoms with van der Waals surface area (Å²) in [5, 5.41) is 3.29. The van der Waals surface area contributed by atoms with Crippen molar-refractivity contribution in [2.45, 2.75) is 12.8 Å². The lowest BCUT2D eigenvalue weighted by Crippen LogP contribution is -2.24. The van der Waals surface area contributed by atoms with E-state index in [1.165, 1.54) is 6.26 Å². The van der Waals surface area contributed by atoms with Crippen LogP contribution in [0.15, 0.2) is 30.2 Å². The summed E-state index contributed by atoms with van der Waals surface area (Å²) in [6.45, 7) is 2.93. The first-order valence-corrected chi connectivity index (χ1v) is 8.18. The van der Waals surface area contributed by atoms with Gasteiger partial charge in [-0.25, -0.2) is 0 Å². The molecule has 0 spiro atoms. The van der Waals surface area contributed by atoms with Crippen molar-refractivity contribution in [3.05, 3.63) is 41.4 Å². The maximum absolute atomic E-state index is 12.4. The van der Waals surface area contributed by atoms with Crippen molar-refractivity contribution in [3.63, 3.8) is 0 Å². The molecule has 6 heteroatoms. The standard InChI is InChI=1S/C18H19NO5/c20-15(18-11-21-6-7-24-18)10-14-13-9-17-16(22-4-1-5-23-17)8-12(13)2-3-19-14/h8-11,19H,1-7H2/b14-10-. The summed E-state index contributed by atoms with van der Waals surface area (Å²) >= 11 is 0. The third-order valence-corrected chi connectivity index (χ3v) is 4.14. The van der Waals surface area contributed by atoms with E-state index in [1.54, 1.807) is 6.08 Å². The van der Waals surface area contributed by atoms with Gasteiger partial charge < -0.3 is 24.3 Å². The highest BCUT2D eigenvalue weighted by atomic mass is 16.6. The van der Waals surface area contributed by atoms with E-state index in [0.29, 0.717) is 26.4 Å². The number of hydrogen-bond donors (Lipinski definition) is 1. The molecule has 1 aromatic rings. The summed E-state index contributed by atoms with van der Waals surface area (Å²) in [6, 6.07) is 3.97. The Balaban J connectivity index is 1.67. The monoisotopic (exact) mass is 329 g/mol. The van der Waals surface area contributed by atoms with Crippen molar-refractivity contribution in [3.8, 4) is 11.5 Å². The quantitative estimate of drug-likeness (QED) is 0.835. The molecule has 0 atom stereocenters. The number of hydrogen-bond acceptors (Lipinski definition) is 6. The molecular weight excluding hydrogens is 310 g/mol. The van der Waals surface area contributed by atoms with Gasteiger partial charge in [0.05, 0.1) is 13.2 Å². The zero-order valence-corrected chi connectivity index (χ0v) is 13.3. The summed E-state index contributed by atoms with van der Waals surface area (Å²) in [7, 11) is 0. The van der Waals surface area contributed by atoms with E-state index in [2.05, 4.69) is 5.32 Å². The van der Waals surface area contributed by atoms with Crippen molar-refractivity contribution in [2.75, 3.05) is 33.0 Å². The Bertz CT molecular complexity index is 722. The van der Waals surface area contributed by atoms with E-state index in [9.17, 15) is 4.79 Å². The molecule has 0 bridgehead atoms. The highest BCUT2D eigenvalue weighted by Gasteiger charge is 2.22. The summed E-state index contributed by atoms with van der Waals surface area (Å²) in [6.07, 6.45) is 4.67. The highest BCUT2D eigenvalue weighted by Crippen LogP contribution is 2.36. The lowest BCUT2D eigenvalue weighted by Gasteiger charge is -2.23. The molecule has 0 radical (unpaired) electrons. The van der Waals surface area contributed by atoms with Crippen LogP contribution in [-0.2, 0) is 20.7 Å². The maximum Gasteiger partial charge on any atom is 0.225 e. The molecule has 6 nitrogen and oxygen atoms in total. The summed E-state index contributed by atoms with van der Waals surface area (Å²) < 4.78 is 22.0. The van der Waals surface area contributed by atoms with Gasteiger partial charge in [-0.15, -0.1) is 0 Å². The molecule has 0 saturated carbocycles. The number of fused-ring (bicyclic) bond motifs is 2. The third-order valence-electron chi connectivity index (χ3n) is 4.14. The zero-order chi connectivity index (χ0) is 16.4. The van der Waals surface area contributed by atoms with Gasteiger partial charge in [0.25, 0.3) is 0 Å². The van der Waals surface area contributed by atoms with Crippen LogP contribution in [0.5, 0.6) is 11.5 Å². The highest BCUT2D eigenvalue weighted by molar-refractivity contribution is 6.06. The lowest BCUT2D eigenvalue weighted by atomic mass is 9.96. The number of allylic oxidation sites excluding steroid dienone is 1. The van der Waals surface area contributed by atoms with Gasteiger partial charge in [0, 0.05) is 30.3 Å². The number of benzene rings is 1. The van der Waals surface area contributed by atoms with Crippen LogP contribution in [0.2, 0.25) is 0 Å². The molecular formula is C18H19NO5. The molecule has 24 heavy (non-hydrogen) atoms. The maximum atomic E-state index is 12.4. The number of carbonyl (C=O) groups excluding carboxylic acids is 1. The molecule has 0 aromatic heterocycles. The first kappa shape index (κ1) is 14.9. The normalized spacial score (nSPS) is 20.7. The van der Waals surface area contributed by atoms with Crippen molar-refractivity contribution in [2.24, 2.45) is 0 Å². The minimum atomic E-state index is -0.211. The SMILES string of the molecule is O=C(/C=C1\NCCc2cc3c(cc21)OCCCO3)C1=COCCO1. The first-order valence-electron chi connectivity index (χ1n) is 8.18. The Labute approximate surface area is 140 Å². The molecule has 3 heterocycles. The predicted molar refractivity (Wildman–Crippen MR) is 86.7 cm³/mol. The number of rotatable bonds is 2. The summed E-state index contributed by atoms with van der Waals surface area (Å²) in [4.78, 5) is 12.4. The Morgan fingerprint density at radius 1 is 1.04 bits per heavy atom. The smallest absolute Gasteiger partial charge is 0.225 e. The average molecular weight is 329 g/mol. The second-order valence-corrected chi connectivity index (χ2v) is 5.81. The summed E-state index contributed by atoms with van der Waals surface area (Å²) in [5.41, 5.74) is 2.88. The van der Waals surface area contributed by atoms with Crippen LogP contribution < -0.4 is 14.8 Å². The van der Waals surface area contributed by atoms with Gasteiger partial charge >= 0.3 is 0 Å². The van der Waals surface area contributed by atoms with Gasteiger partial charge in [-0.2, -0.15) is 0 Å². The van der Waals surface area contributed by atoms with Gasteiger partial charge in [0.2, 0.25) is 11.5 Å². The van der Waals surface area contributed by atoms with Gasteiger partial charge in [0.1, 0.15) is 19.5 Å². The van der Waals surface area contributed by atoms with Crippen LogP contribution in [0.1, 0.15) is 17.5 Å². The van der Waals surface area contributed by atoms with Gasteiger partial charge in [-0.05, 0) is 24.1 Å². The Morgan fingerprint density at radius 3 is 2.67 bits per heavy atom. The van der Waals surface area contributed by atoms with E-state index >= 15 is 0 Å². The fourth-order valence-electron chi connectivity index (χ4n) is 2.96. The minimum Gasteiger partial charge on any atom is -0.494 e. The molecule has 1 N–H and O–H groups in total. The van der Waals surface area contributed by atoms with E-state index in [-0.39, 0.29) is 11.5 Å². The fraction of sp³-hybridized carbons (Fsp3) is 0.389. The second kappa shape index (κ2) is 6.47. The number of ether oxygens (including phenoxy) is 4. The average Bonchev–Trinajstić information content (AvgIpc) is 2.86. The first-order chi connectivity index (χ1) is 11.8. The van der Waals surface area contributed by atoms with Gasteiger partial charge in [-0.1, -0.05) is 0 Å². The topological polar surface area (TPSA) is 66.0 Å². The molecule has 0 saturated heterocycles. The number of carbonyl (C=O) groups is 1. The largest absolute Gasteiger partial charge is 0.494 e. The summed E-state index contributed by atoms with van der Waals surface area (Å²) in [5.74, 6) is 1.53. The zero-order valence-electron chi connectivity index (χ0n) is 13.3. The third kappa shape index (κ3) is 2.91. The van der Waals surface area contributed by atoms with Gasteiger partial charge in [0.15, 0.2) is 11.5 Å². The molecule has 3 aliphatic rings. The van der Waals surface area contributed by atoms with Crippen molar-refractivity contribution >= 4 is 11.5 Å². The van der Waals surface area contributed by atoms with Crippen LogP contribution in [-0.4, -0.2) is 38.8 Å². The van der Waals surface area contributed by atoms with Crippen molar-refractivity contribution < 1.29 is 23.7 Å². The number of nitrogens with one attached hydrogen (secondary N) is 1. The minimum absolute atomic E-state index is 0.211. The van der Waals surface area contributed by atoms with E-state index in [1.807, 2.05) is 12.1 Å². The van der Waals surface area contributed by atoms with Crippen LogP contribution in [0.25, 0.3) is 5.70 Å². The molecule has 126 valence electrons. The fourth-order valence-corrected chi connectivity index (χ4v) is 2.96.